The maximum absolute atomic E-state index is 5.75. The summed E-state index contributed by atoms with van der Waals surface area (Å²) in [4.78, 5) is 11.0. The number of anilines is 1. The summed E-state index contributed by atoms with van der Waals surface area (Å²) in [5.74, 6) is 2.44. The third-order valence-electron chi connectivity index (χ3n) is 2.30. The van der Waals surface area contributed by atoms with E-state index in [1.807, 2.05) is 13.0 Å². The van der Waals surface area contributed by atoms with Crippen molar-refractivity contribution in [3.8, 4) is 0 Å². The van der Waals surface area contributed by atoms with Gasteiger partial charge in [0, 0.05) is 30.7 Å². The maximum Gasteiger partial charge on any atom is 0.132 e. The van der Waals surface area contributed by atoms with Gasteiger partial charge in [0.1, 0.15) is 11.6 Å². The van der Waals surface area contributed by atoms with Gasteiger partial charge < -0.3 is 4.90 Å². The van der Waals surface area contributed by atoms with Gasteiger partial charge in [-0.15, -0.1) is 11.6 Å². The van der Waals surface area contributed by atoms with E-state index in [-0.39, 0.29) is 0 Å². The zero-order chi connectivity index (χ0) is 11.3. The van der Waals surface area contributed by atoms with E-state index in [2.05, 4.69) is 28.7 Å². The van der Waals surface area contributed by atoms with Gasteiger partial charge in [-0.3, -0.25) is 0 Å². The largest absolute Gasteiger partial charge is 0.356 e. The zero-order valence-electron chi connectivity index (χ0n) is 9.63. The summed E-state index contributed by atoms with van der Waals surface area (Å²) in [6.45, 7) is 7.89. The van der Waals surface area contributed by atoms with Crippen LogP contribution in [0.5, 0.6) is 0 Å². The number of aromatic nitrogens is 2. The van der Waals surface area contributed by atoms with E-state index < -0.39 is 0 Å². The summed E-state index contributed by atoms with van der Waals surface area (Å²) in [5, 5.41) is 0. The van der Waals surface area contributed by atoms with Crippen LogP contribution in [0.2, 0.25) is 0 Å². The topological polar surface area (TPSA) is 29.0 Å². The zero-order valence-corrected chi connectivity index (χ0v) is 10.4. The summed E-state index contributed by atoms with van der Waals surface area (Å²) >= 11 is 5.75. The van der Waals surface area contributed by atoms with Crippen LogP contribution in [0.1, 0.15) is 25.4 Å². The van der Waals surface area contributed by atoms with Crippen LogP contribution >= 0.6 is 11.6 Å². The van der Waals surface area contributed by atoms with Crippen molar-refractivity contribution < 1.29 is 0 Å². The van der Waals surface area contributed by atoms with Gasteiger partial charge in [0.2, 0.25) is 0 Å². The number of hydrogen-bond donors (Lipinski definition) is 0. The Morgan fingerprint density at radius 1 is 1.33 bits per heavy atom. The molecule has 0 fully saturated rings. The molecule has 0 atom stereocenters. The fourth-order valence-electron chi connectivity index (χ4n) is 1.49. The van der Waals surface area contributed by atoms with Crippen molar-refractivity contribution in [1.29, 1.82) is 0 Å². The van der Waals surface area contributed by atoms with Gasteiger partial charge in [-0.25, -0.2) is 9.97 Å². The Balaban J connectivity index is 2.95. The van der Waals surface area contributed by atoms with Crippen LogP contribution in [0.3, 0.4) is 0 Å². The molecule has 3 nitrogen and oxygen atoms in total. The number of rotatable bonds is 5. The average Bonchev–Trinajstić information content (AvgIpc) is 2.24. The van der Waals surface area contributed by atoms with Crippen molar-refractivity contribution in [1.82, 2.24) is 9.97 Å². The second kappa shape index (κ2) is 5.91. The molecule has 1 heterocycles. The molecule has 0 spiro atoms. The van der Waals surface area contributed by atoms with E-state index in [4.69, 9.17) is 11.6 Å². The Labute approximate surface area is 96.5 Å². The Bertz CT molecular complexity index is 315. The molecule has 15 heavy (non-hydrogen) atoms. The van der Waals surface area contributed by atoms with Gasteiger partial charge in [-0.05, 0) is 20.3 Å². The number of hydrogen-bond acceptors (Lipinski definition) is 3. The summed E-state index contributed by atoms with van der Waals surface area (Å²) in [6, 6.07) is 2.04. The molecule has 84 valence electrons. The normalized spacial score (nSPS) is 10.4. The van der Waals surface area contributed by atoms with Gasteiger partial charge in [0.05, 0.1) is 0 Å². The van der Waals surface area contributed by atoms with Crippen molar-refractivity contribution in [2.75, 3.05) is 23.9 Å². The Morgan fingerprint density at radius 2 is 2.07 bits per heavy atom. The van der Waals surface area contributed by atoms with Gasteiger partial charge in [-0.1, -0.05) is 6.92 Å². The molecule has 0 radical (unpaired) electrons. The molecule has 0 aliphatic carbocycles. The quantitative estimate of drug-likeness (QED) is 0.724. The molecule has 1 rings (SSSR count). The SMILES string of the molecule is CCc1cc(N(CC)CCCl)nc(C)n1. The Hall–Kier alpha value is -0.830. The van der Waals surface area contributed by atoms with Crippen molar-refractivity contribution in [3.63, 3.8) is 0 Å². The monoisotopic (exact) mass is 227 g/mol. The molecule has 0 saturated carbocycles. The summed E-state index contributed by atoms with van der Waals surface area (Å²) in [5.41, 5.74) is 1.09. The van der Waals surface area contributed by atoms with E-state index >= 15 is 0 Å². The lowest BCUT2D eigenvalue weighted by Gasteiger charge is -2.21. The standard InChI is InChI=1S/C11H18ClN3/c1-4-10-8-11(14-9(3)13-10)15(5-2)7-6-12/h8H,4-7H2,1-3H3. The minimum absolute atomic E-state index is 0.623. The lowest BCUT2D eigenvalue weighted by molar-refractivity contribution is 0.826. The van der Waals surface area contributed by atoms with Crippen LogP contribution in [-0.4, -0.2) is 28.9 Å². The van der Waals surface area contributed by atoms with Crippen LogP contribution < -0.4 is 4.90 Å². The van der Waals surface area contributed by atoms with Crippen LogP contribution in [-0.2, 0) is 6.42 Å². The predicted molar refractivity (Wildman–Crippen MR) is 64.8 cm³/mol. The van der Waals surface area contributed by atoms with Gasteiger partial charge in [0.15, 0.2) is 0 Å². The molecular weight excluding hydrogens is 210 g/mol. The first kappa shape index (κ1) is 12.2. The first-order valence-electron chi connectivity index (χ1n) is 5.36. The highest BCUT2D eigenvalue weighted by Gasteiger charge is 2.07. The smallest absolute Gasteiger partial charge is 0.132 e. The number of aryl methyl sites for hydroxylation is 2. The molecule has 1 aromatic heterocycles. The van der Waals surface area contributed by atoms with Crippen molar-refractivity contribution in [2.45, 2.75) is 27.2 Å². The van der Waals surface area contributed by atoms with E-state index in [0.29, 0.717) is 5.88 Å². The van der Waals surface area contributed by atoms with Gasteiger partial charge in [-0.2, -0.15) is 0 Å². The second-order valence-corrected chi connectivity index (χ2v) is 3.76. The second-order valence-electron chi connectivity index (χ2n) is 3.39. The van der Waals surface area contributed by atoms with E-state index in [9.17, 15) is 0 Å². The van der Waals surface area contributed by atoms with Crippen molar-refractivity contribution >= 4 is 17.4 Å². The molecule has 0 amide bonds. The highest BCUT2D eigenvalue weighted by atomic mass is 35.5. The van der Waals surface area contributed by atoms with E-state index in [0.717, 1.165) is 36.8 Å². The summed E-state index contributed by atoms with van der Waals surface area (Å²) in [7, 11) is 0. The third-order valence-corrected chi connectivity index (χ3v) is 2.47. The van der Waals surface area contributed by atoms with E-state index in [1.165, 1.54) is 0 Å². The van der Waals surface area contributed by atoms with Crippen molar-refractivity contribution in [2.24, 2.45) is 0 Å². The molecule has 0 bridgehead atoms. The van der Waals surface area contributed by atoms with Crippen LogP contribution in [0, 0.1) is 6.92 Å². The van der Waals surface area contributed by atoms with Gasteiger partial charge >= 0.3 is 0 Å². The highest BCUT2D eigenvalue weighted by Crippen LogP contribution is 2.12. The number of halogens is 1. The third kappa shape index (κ3) is 3.34. The van der Waals surface area contributed by atoms with Crippen LogP contribution in [0.4, 0.5) is 5.82 Å². The molecular formula is C11H18ClN3. The van der Waals surface area contributed by atoms with Crippen LogP contribution in [0.25, 0.3) is 0 Å². The molecule has 0 N–H and O–H groups in total. The highest BCUT2D eigenvalue weighted by molar-refractivity contribution is 6.18. The lowest BCUT2D eigenvalue weighted by Crippen LogP contribution is -2.26. The first-order chi connectivity index (χ1) is 7.21. The number of nitrogens with zero attached hydrogens (tertiary/aromatic N) is 3. The molecule has 0 aliphatic rings. The maximum atomic E-state index is 5.75. The molecule has 0 saturated heterocycles. The molecule has 0 aliphatic heterocycles. The minimum atomic E-state index is 0.623. The summed E-state index contributed by atoms with van der Waals surface area (Å²) < 4.78 is 0. The first-order valence-corrected chi connectivity index (χ1v) is 5.90. The summed E-state index contributed by atoms with van der Waals surface area (Å²) in [6.07, 6.45) is 0.939. The predicted octanol–water partition coefficient (Wildman–Crippen LogP) is 2.41. The average molecular weight is 228 g/mol. The Kier molecular flexibility index (Phi) is 4.82. The van der Waals surface area contributed by atoms with Crippen LogP contribution in [0.15, 0.2) is 6.07 Å². The molecule has 4 heteroatoms. The lowest BCUT2D eigenvalue weighted by atomic mass is 10.3. The van der Waals surface area contributed by atoms with E-state index in [1.54, 1.807) is 0 Å². The molecule has 0 aromatic carbocycles. The minimum Gasteiger partial charge on any atom is -0.356 e. The Morgan fingerprint density at radius 3 is 2.60 bits per heavy atom. The van der Waals surface area contributed by atoms with Crippen molar-refractivity contribution in [3.05, 3.63) is 17.6 Å². The molecule has 0 unspecified atom stereocenters. The molecule has 1 aromatic rings. The van der Waals surface area contributed by atoms with Gasteiger partial charge in [0.25, 0.3) is 0 Å². The fourth-order valence-corrected chi connectivity index (χ4v) is 1.70. The number of alkyl halides is 1. The fraction of sp³-hybridized carbons (Fsp3) is 0.636.